The van der Waals surface area contributed by atoms with Gasteiger partial charge in [0.05, 0.1) is 10.6 Å². The van der Waals surface area contributed by atoms with Gasteiger partial charge in [0.15, 0.2) is 5.78 Å². The zero-order valence-corrected chi connectivity index (χ0v) is 10.8. The number of hydrogen-bond acceptors (Lipinski definition) is 2. The summed E-state index contributed by atoms with van der Waals surface area (Å²) in [6.45, 7) is 1.15. The van der Waals surface area contributed by atoms with Crippen LogP contribution < -0.4 is 4.74 Å². The monoisotopic (exact) mass is 364 g/mol. The SMILES string of the molecule is CC(=O)c1c(OC(F)(F)F)ccc(Cl)c1I. The van der Waals surface area contributed by atoms with Gasteiger partial charge in [-0.05, 0) is 41.6 Å². The molecule has 0 aliphatic rings. The van der Waals surface area contributed by atoms with Gasteiger partial charge in [-0.25, -0.2) is 0 Å². The van der Waals surface area contributed by atoms with E-state index < -0.39 is 17.9 Å². The topological polar surface area (TPSA) is 26.3 Å². The van der Waals surface area contributed by atoms with E-state index in [1.807, 2.05) is 0 Å². The Hall–Kier alpha value is -0.500. The lowest BCUT2D eigenvalue weighted by Crippen LogP contribution is -2.19. The minimum atomic E-state index is -4.83. The van der Waals surface area contributed by atoms with E-state index in [2.05, 4.69) is 4.74 Å². The van der Waals surface area contributed by atoms with Crippen LogP contribution in [0.1, 0.15) is 17.3 Å². The Labute approximate surface area is 108 Å². The Morgan fingerprint density at radius 2 is 2.00 bits per heavy atom. The van der Waals surface area contributed by atoms with Gasteiger partial charge in [0, 0.05) is 3.57 Å². The first-order chi connectivity index (χ1) is 7.22. The Bertz CT molecular complexity index is 431. The van der Waals surface area contributed by atoms with Gasteiger partial charge in [0.1, 0.15) is 5.75 Å². The number of rotatable bonds is 2. The van der Waals surface area contributed by atoms with Crippen LogP contribution in [-0.2, 0) is 0 Å². The van der Waals surface area contributed by atoms with Crippen LogP contribution in [0.25, 0.3) is 0 Å². The van der Waals surface area contributed by atoms with Crippen LogP contribution in [0.15, 0.2) is 12.1 Å². The van der Waals surface area contributed by atoms with E-state index in [1.165, 1.54) is 6.07 Å². The van der Waals surface area contributed by atoms with Crippen molar-refractivity contribution in [1.82, 2.24) is 0 Å². The molecule has 7 heteroatoms. The normalized spacial score (nSPS) is 11.4. The van der Waals surface area contributed by atoms with Crippen molar-refractivity contribution in [2.45, 2.75) is 13.3 Å². The van der Waals surface area contributed by atoms with E-state index in [0.717, 1.165) is 13.0 Å². The molecule has 2 nitrogen and oxygen atoms in total. The molecule has 0 fully saturated rings. The standard InChI is InChI=1S/C9H5ClF3IO2/c1-4(15)7-6(16-9(11,12)13)3-2-5(10)8(7)14/h2-3H,1H3. The number of ether oxygens (including phenoxy) is 1. The fraction of sp³-hybridized carbons (Fsp3) is 0.222. The third kappa shape index (κ3) is 3.24. The predicted molar refractivity (Wildman–Crippen MR) is 60.9 cm³/mol. The zero-order valence-electron chi connectivity index (χ0n) is 7.86. The number of carbonyl (C=O) groups excluding carboxylic acids is 1. The third-order valence-electron chi connectivity index (χ3n) is 1.63. The molecule has 16 heavy (non-hydrogen) atoms. The van der Waals surface area contributed by atoms with Gasteiger partial charge in [-0.2, -0.15) is 0 Å². The molecule has 0 aliphatic heterocycles. The van der Waals surface area contributed by atoms with E-state index in [4.69, 9.17) is 11.6 Å². The Kier molecular flexibility index (Phi) is 4.06. The first-order valence-electron chi connectivity index (χ1n) is 3.97. The van der Waals surface area contributed by atoms with Crippen molar-refractivity contribution in [3.8, 4) is 5.75 Å². The van der Waals surface area contributed by atoms with Gasteiger partial charge in [0.2, 0.25) is 0 Å². The van der Waals surface area contributed by atoms with Crippen LogP contribution in [0.3, 0.4) is 0 Å². The molecule has 0 unspecified atom stereocenters. The predicted octanol–water partition coefficient (Wildman–Crippen LogP) is 4.05. The summed E-state index contributed by atoms with van der Waals surface area (Å²) in [7, 11) is 0. The number of hydrogen-bond donors (Lipinski definition) is 0. The molecular weight excluding hydrogens is 359 g/mol. The molecule has 1 aromatic rings. The van der Waals surface area contributed by atoms with Gasteiger partial charge in [0.25, 0.3) is 0 Å². The molecule has 0 bridgehead atoms. The summed E-state index contributed by atoms with van der Waals surface area (Å²) in [4.78, 5) is 11.2. The van der Waals surface area contributed by atoms with Crippen molar-refractivity contribution in [2.75, 3.05) is 0 Å². The fourth-order valence-corrected chi connectivity index (χ4v) is 2.05. The van der Waals surface area contributed by atoms with Crippen molar-refractivity contribution >= 4 is 40.0 Å². The Morgan fingerprint density at radius 3 is 2.44 bits per heavy atom. The zero-order chi connectivity index (χ0) is 12.5. The fourth-order valence-electron chi connectivity index (χ4n) is 1.07. The number of halogens is 5. The van der Waals surface area contributed by atoms with Crippen molar-refractivity contribution in [3.63, 3.8) is 0 Å². The maximum Gasteiger partial charge on any atom is 0.573 e. The van der Waals surface area contributed by atoms with E-state index >= 15 is 0 Å². The molecule has 0 radical (unpaired) electrons. The highest BCUT2D eigenvalue weighted by Gasteiger charge is 2.33. The Balaban J connectivity index is 3.29. The van der Waals surface area contributed by atoms with Crippen LogP contribution >= 0.6 is 34.2 Å². The molecular formula is C9H5ClF3IO2. The van der Waals surface area contributed by atoms with Gasteiger partial charge >= 0.3 is 6.36 Å². The van der Waals surface area contributed by atoms with Crippen LogP contribution in [-0.4, -0.2) is 12.1 Å². The summed E-state index contributed by atoms with van der Waals surface area (Å²) >= 11 is 7.40. The summed E-state index contributed by atoms with van der Waals surface area (Å²) in [5.41, 5.74) is -0.162. The molecule has 0 saturated carbocycles. The number of alkyl halides is 3. The van der Waals surface area contributed by atoms with E-state index in [9.17, 15) is 18.0 Å². The summed E-state index contributed by atoms with van der Waals surface area (Å²) in [5, 5.41) is 0.209. The summed E-state index contributed by atoms with van der Waals surface area (Å²) in [5.74, 6) is -1.07. The summed E-state index contributed by atoms with van der Waals surface area (Å²) in [6.07, 6.45) is -4.83. The molecule has 0 N–H and O–H groups in total. The van der Waals surface area contributed by atoms with Crippen molar-refractivity contribution in [1.29, 1.82) is 0 Å². The molecule has 0 aromatic heterocycles. The second-order valence-corrected chi connectivity index (χ2v) is 4.32. The lowest BCUT2D eigenvalue weighted by Gasteiger charge is -2.13. The summed E-state index contributed by atoms with van der Waals surface area (Å²) in [6, 6.07) is 2.27. The molecule has 0 spiro atoms. The lowest BCUT2D eigenvalue weighted by atomic mass is 10.1. The number of benzene rings is 1. The average Bonchev–Trinajstić information content (AvgIpc) is 2.08. The summed E-state index contributed by atoms with van der Waals surface area (Å²) < 4.78 is 40.1. The quantitative estimate of drug-likeness (QED) is 0.585. The van der Waals surface area contributed by atoms with E-state index in [-0.39, 0.29) is 14.2 Å². The van der Waals surface area contributed by atoms with E-state index in [0.29, 0.717) is 0 Å². The van der Waals surface area contributed by atoms with Crippen molar-refractivity contribution in [3.05, 3.63) is 26.3 Å². The van der Waals surface area contributed by atoms with E-state index in [1.54, 1.807) is 22.6 Å². The second-order valence-electron chi connectivity index (χ2n) is 2.84. The van der Waals surface area contributed by atoms with Gasteiger partial charge in [-0.1, -0.05) is 11.6 Å². The highest BCUT2D eigenvalue weighted by molar-refractivity contribution is 14.1. The largest absolute Gasteiger partial charge is 0.573 e. The molecule has 0 amide bonds. The highest BCUT2D eigenvalue weighted by Crippen LogP contribution is 2.33. The number of ketones is 1. The molecule has 0 heterocycles. The van der Waals surface area contributed by atoms with Crippen LogP contribution in [0.2, 0.25) is 5.02 Å². The first kappa shape index (κ1) is 13.6. The highest BCUT2D eigenvalue weighted by atomic mass is 127. The average molecular weight is 364 g/mol. The number of carbonyl (C=O) groups is 1. The minimum Gasteiger partial charge on any atom is -0.405 e. The second kappa shape index (κ2) is 4.79. The maximum atomic E-state index is 12.0. The van der Waals surface area contributed by atoms with Crippen LogP contribution in [0.4, 0.5) is 13.2 Å². The number of Topliss-reactive ketones (excluding diaryl/α,β-unsaturated/α-hetero) is 1. The lowest BCUT2D eigenvalue weighted by molar-refractivity contribution is -0.274. The first-order valence-corrected chi connectivity index (χ1v) is 5.42. The Morgan fingerprint density at radius 1 is 1.44 bits per heavy atom. The van der Waals surface area contributed by atoms with Crippen molar-refractivity contribution < 1.29 is 22.7 Å². The van der Waals surface area contributed by atoms with Gasteiger partial charge < -0.3 is 4.74 Å². The molecule has 0 saturated heterocycles. The van der Waals surface area contributed by atoms with Gasteiger partial charge in [-0.3, -0.25) is 4.79 Å². The molecule has 0 atom stereocenters. The van der Waals surface area contributed by atoms with Gasteiger partial charge in [-0.15, -0.1) is 13.2 Å². The minimum absolute atomic E-state index is 0.162. The van der Waals surface area contributed by atoms with Crippen LogP contribution in [0.5, 0.6) is 5.75 Å². The molecule has 1 aromatic carbocycles. The third-order valence-corrected chi connectivity index (χ3v) is 3.39. The molecule has 1 rings (SSSR count). The smallest absolute Gasteiger partial charge is 0.405 e. The maximum absolute atomic E-state index is 12.0. The molecule has 0 aliphatic carbocycles. The van der Waals surface area contributed by atoms with Crippen molar-refractivity contribution in [2.24, 2.45) is 0 Å². The van der Waals surface area contributed by atoms with Crippen LogP contribution in [0, 0.1) is 3.57 Å². The molecule has 88 valence electrons.